The smallest absolute Gasteiger partial charge is 0.227 e. The molecule has 2 aliphatic heterocycles. The number of hydrogen-bond acceptors (Lipinski definition) is 7. The molecule has 7 heteroatoms. The van der Waals surface area contributed by atoms with Crippen LogP contribution >= 0.6 is 0 Å². The van der Waals surface area contributed by atoms with E-state index in [1.807, 2.05) is 25.1 Å². The molecule has 30 heavy (non-hydrogen) atoms. The van der Waals surface area contributed by atoms with Crippen molar-refractivity contribution in [3.8, 4) is 11.4 Å². The van der Waals surface area contributed by atoms with Gasteiger partial charge in [-0.15, -0.1) is 0 Å². The number of pyridine rings is 1. The third-order valence-corrected chi connectivity index (χ3v) is 6.39. The van der Waals surface area contributed by atoms with Gasteiger partial charge in [0.1, 0.15) is 11.5 Å². The van der Waals surface area contributed by atoms with Crippen LogP contribution in [0.2, 0.25) is 0 Å². The van der Waals surface area contributed by atoms with E-state index in [1.165, 1.54) is 0 Å². The molecule has 3 aromatic heterocycles. The summed E-state index contributed by atoms with van der Waals surface area (Å²) < 4.78 is 17.6. The van der Waals surface area contributed by atoms with Crippen LogP contribution in [-0.2, 0) is 17.7 Å². The fourth-order valence-electron chi connectivity index (χ4n) is 4.76. The summed E-state index contributed by atoms with van der Waals surface area (Å²) in [6, 6.07) is 7.94. The van der Waals surface area contributed by atoms with E-state index >= 15 is 0 Å². The second-order valence-corrected chi connectivity index (χ2v) is 8.64. The minimum absolute atomic E-state index is 0.00923. The monoisotopic (exact) mass is 408 g/mol. The van der Waals surface area contributed by atoms with Gasteiger partial charge in [0.2, 0.25) is 11.7 Å². The molecular formula is C23H28N4O3. The number of likely N-dealkylation sites (tertiary alicyclic amines) is 1. The minimum atomic E-state index is -0.00923. The lowest BCUT2D eigenvalue weighted by atomic mass is 9.78. The molecule has 0 radical (unpaired) electrons. The number of piperidine rings is 1. The van der Waals surface area contributed by atoms with Crippen molar-refractivity contribution in [2.24, 2.45) is 5.92 Å². The van der Waals surface area contributed by atoms with Crippen molar-refractivity contribution in [3.63, 3.8) is 0 Å². The number of rotatable bonds is 5. The molecule has 2 fully saturated rings. The number of aryl methyl sites for hydroxylation is 1. The van der Waals surface area contributed by atoms with Crippen LogP contribution in [0.25, 0.3) is 11.4 Å². The Labute approximate surface area is 176 Å². The van der Waals surface area contributed by atoms with E-state index in [2.05, 4.69) is 26.1 Å². The lowest BCUT2D eigenvalue weighted by Crippen LogP contribution is -2.49. The second kappa shape index (κ2) is 8.32. The first-order valence-corrected chi connectivity index (χ1v) is 10.8. The SMILES string of the molecule is Cc1ccc(CN2CCC3(CC2)CC(Cc2nc(-c4cccnc4)no2)CCO3)o1. The maximum Gasteiger partial charge on any atom is 0.227 e. The molecule has 0 amide bonds. The molecule has 1 atom stereocenters. The maximum absolute atomic E-state index is 6.33. The Morgan fingerprint density at radius 2 is 2.10 bits per heavy atom. The van der Waals surface area contributed by atoms with Crippen LogP contribution in [0.15, 0.2) is 45.6 Å². The molecule has 158 valence electrons. The zero-order valence-corrected chi connectivity index (χ0v) is 17.4. The van der Waals surface area contributed by atoms with Crippen molar-refractivity contribution in [1.29, 1.82) is 0 Å². The fraction of sp³-hybridized carbons (Fsp3) is 0.522. The third kappa shape index (κ3) is 4.32. The van der Waals surface area contributed by atoms with Crippen LogP contribution in [0, 0.1) is 12.8 Å². The van der Waals surface area contributed by atoms with Crippen molar-refractivity contribution >= 4 is 0 Å². The first kappa shape index (κ1) is 19.5. The van der Waals surface area contributed by atoms with Crippen molar-refractivity contribution in [2.45, 2.75) is 51.2 Å². The number of hydrogen-bond donors (Lipinski definition) is 0. The summed E-state index contributed by atoms with van der Waals surface area (Å²) in [6.45, 7) is 5.77. The molecule has 2 saturated heterocycles. The highest BCUT2D eigenvalue weighted by molar-refractivity contribution is 5.51. The van der Waals surface area contributed by atoms with Gasteiger partial charge in [0.05, 0.1) is 12.1 Å². The van der Waals surface area contributed by atoms with Crippen molar-refractivity contribution in [1.82, 2.24) is 20.0 Å². The zero-order chi connectivity index (χ0) is 20.4. The average Bonchev–Trinajstić information content (AvgIpc) is 3.40. The van der Waals surface area contributed by atoms with Crippen LogP contribution in [0.5, 0.6) is 0 Å². The van der Waals surface area contributed by atoms with Crippen molar-refractivity contribution in [3.05, 3.63) is 54.1 Å². The molecule has 7 nitrogen and oxygen atoms in total. The summed E-state index contributed by atoms with van der Waals surface area (Å²) in [5.41, 5.74) is 0.875. The first-order valence-electron chi connectivity index (χ1n) is 10.8. The molecular weight excluding hydrogens is 380 g/mol. The summed E-state index contributed by atoms with van der Waals surface area (Å²) in [4.78, 5) is 11.2. The summed E-state index contributed by atoms with van der Waals surface area (Å²) >= 11 is 0. The van der Waals surface area contributed by atoms with Gasteiger partial charge in [-0.05, 0) is 62.8 Å². The van der Waals surface area contributed by atoms with Crippen LogP contribution in [0.3, 0.4) is 0 Å². The van der Waals surface area contributed by atoms with E-state index in [1.54, 1.807) is 12.4 Å². The van der Waals surface area contributed by atoms with Gasteiger partial charge in [-0.2, -0.15) is 4.98 Å². The third-order valence-electron chi connectivity index (χ3n) is 6.39. The summed E-state index contributed by atoms with van der Waals surface area (Å²) in [5.74, 6) is 3.86. The Morgan fingerprint density at radius 3 is 2.87 bits per heavy atom. The van der Waals surface area contributed by atoms with Gasteiger partial charge in [-0.1, -0.05) is 5.16 Å². The maximum atomic E-state index is 6.33. The van der Waals surface area contributed by atoms with E-state index in [9.17, 15) is 0 Å². The van der Waals surface area contributed by atoms with Gasteiger partial charge in [-0.3, -0.25) is 9.88 Å². The number of furan rings is 1. The summed E-state index contributed by atoms with van der Waals surface area (Å²) in [6.07, 6.45) is 8.55. The molecule has 2 aliphatic rings. The predicted octanol–water partition coefficient (Wildman–Crippen LogP) is 4.04. The molecule has 5 rings (SSSR count). The van der Waals surface area contributed by atoms with E-state index in [0.717, 1.165) is 75.4 Å². The second-order valence-electron chi connectivity index (χ2n) is 8.64. The molecule has 0 bridgehead atoms. The van der Waals surface area contributed by atoms with E-state index in [-0.39, 0.29) is 5.60 Å². The van der Waals surface area contributed by atoms with Gasteiger partial charge in [0.25, 0.3) is 0 Å². The zero-order valence-electron chi connectivity index (χ0n) is 17.4. The van der Waals surface area contributed by atoms with Crippen LogP contribution in [0.4, 0.5) is 0 Å². The van der Waals surface area contributed by atoms with Crippen molar-refractivity contribution in [2.75, 3.05) is 19.7 Å². The minimum Gasteiger partial charge on any atom is -0.465 e. The molecule has 0 aliphatic carbocycles. The molecule has 1 unspecified atom stereocenters. The fourth-order valence-corrected chi connectivity index (χ4v) is 4.76. The highest BCUT2D eigenvalue weighted by Gasteiger charge is 2.40. The van der Waals surface area contributed by atoms with Crippen LogP contribution < -0.4 is 0 Å². The Balaban J connectivity index is 1.17. The molecule has 5 heterocycles. The molecule has 1 spiro atoms. The average molecular weight is 409 g/mol. The molecule has 0 N–H and O–H groups in total. The Kier molecular flexibility index (Phi) is 5.39. The Morgan fingerprint density at radius 1 is 1.20 bits per heavy atom. The highest BCUT2D eigenvalue weighted by atomic mass is 16.5. The largest absolute Gasteiger partial charge is 0.465 e. The van der Waals surface area contributed by atoms with E-state index < -0.39 is 0 Å². The van der Waals surface area contributed by atoms with Gasteiger partial charge in [-0.25, -0.2) is 0 Å². The van der Waals surface area contributed by atoms with Crippen molar-refractivity contribution < 1.29 is 13.7 Å². The Hall–Kier alpha value is -2.51. The normalized spacial score (nSPS) is 21.8. The quantitative estimate of drug-likeness (QED) is 0.630. The predicted molar refractivity (Wildman–Crippen MR) is 111 cm³/mol. The number of ether oxygens (including phenoxy) is 1. The lowest BCUT2D eigenvalue weighted by Gasteiger charge is -2.46. The van der Waals surface area contributed by atoms with Crippen LogP contribution in [0.1, 0.15) is 43.1 Å². The lowest BCUT2D eigenvalue weighted by molar-refractivity contribution is -0.128. The van der Waals surface area contributed by atoms with Gasteiger partial charge in [0, 0.05) is 44.1 Å². The van der Waals surface area contributed by atoms with Gasteiger partial charge in [0.15, 0.2) is 0 Å². The summed E-state index contributed by atoms with van der Waals surface area (Å²) in [5, 5.41) is 4.13. The summed E-state index contributed by atoms with van der Waals surface area (Å²) in [7, 11) is 0. The molecule has 0 saturated carbocycles. The first-order chi connectivity index (χ1) is 14.7. The number of nitrogens with zero attached hydrogens (tertiary/aromatic N) is 4. The standard InChI is InChI=1S/C23H28N4O3/c1-17-4-5-20(29-17)16-27-10-7-23(8-11-27)14-18(6-12-28-23)13-21-25-22(26-30-21)19-3-2-9-24-15-19/h2-5,9,15,18H,6-8,10-14,16H2,1H3. The van der Waals surface area contributed by atoms with E-state index in [4.69, 9.17) is 13.7 Å². The van der Waals surface area contributed by atoms with E-state index in [0.29, 0.717) is 17.6 Å². The van der Waals surface area contributed by atoms with Gasteiger partial charge < -0.3 is 13.7 Å². The topological polar surface area (TPSA) is 77.4 Å². The molecule has 3 aromatic rings. The molecule has 0 aromatic carbocycles. The Bertz CT molecular complexity index is 960. The highest BCUT2D eigenvalue weighted by Crippen LogP contribution is 2.39. The number of aromatic nitrogens is 3. The van der Waals surface area contributed by atoms with Crippen LogP contribution in [-0.4, -0.2) is 45.3 Å². The van der Waals surface area contributed by atoms with Gasteiger partial charge >= 0.3 is 0 Å².